The molecule has 4 N–H and O–H groups in total. The predicted molar refractivity (Wildman–Crippen MR) is 64.5 cm³/mol. The second-order valence-corrected chi connectivity index (χ2v) is 3.96. The summed E-state index contributed by atoms with van der Waals surface area (Å²) in [6.45, 7) is 0.205. The van der Waals surface area contributed by atoms with E-state index in [1.807, 2.05) is 0 Å². The Morgan fingerprint density at radius 1 is 1.41 bits per heavy atom. The number of likely N-dealkylation sites (N-methyl/N-ethyl adjacent to an activating group) is 1. The molecule has 0 spiro atoms. The van der Waals surface area contributed by atoms with E-state index in [4.69, 9.17) is 15.9 Å². The first-order chi connectivity index (χ1) is 8.04. The fourth-order valence-electron chi connectivity index (χ4n) is 1.52. The van der Waals surface area contributed by atoms with E-state index in [2.05, 4.69) is 0 Å². The Bertz CT molecular complexity index is 365. The van der Waals surface area contributed by atoms with Crippen LogP contribution in [0.2, 0.25) is 0 Å². The van der Waals surface area contributed by atoms with Crippen molar-refractivity contribution in [2.75, 3.05) is 20.2 Å². The minimum absolute atomic E-state index is 0.0752. The Hall–Kier alpha value is -1.59. The summed E-state index contributed by atoms with van der Waals surface area (Å²) in [5, 5.41) is 17.8. The van der Waals surface area contributed by atoms with Gasteiger partial charge >= 0.3 is 0 Å². The van der Waals surface area contributed by atoms with Crippen molar-refractivity contribution >= 4 is 5.91 Å². The van der Waals surface area contributed by atoms with Crippen molar-refractivity contribution in [2.45, 2.75) is 12.5 Å². The highest BCUT2D eigenvalue weighted by Gasteiger charge is 2.17. The molecule has 1 rings (SSSR count). The summed E-state index contributed by atoms with van der Waals surface area (Å²) in [7, 11) is 1.61. The lowest BCUT2D eigenvalue weighted by Gasteiger charge is -2.20. The lowest BCUT2D eigenvalue weighted by molar-refractivity contribution is -0.131. The molecule has 1 aromatic rings. The van der Waals surface area contributed by atoms with Gasteiger partial charge < -0.3 is 20.8 Å². The van der Waals surface area contributed by atoms with Gasteiger partial charge in [-0.3, -0.25) is 4.79 Å². The van der Waals surface area contributed by atoms with Gasteiger partial charge in [-0.25, -0.2) is 0 Å². The van der Waals surface area contributed by atoms with Gasteiger partial charge in [0.2, 0.25) is 5.91 Å². The maximum absolute atomic E-state index is 11.7. The van der Waals surface area contributed by atoms with Crippen LogP contribution in [0.4, 0.5) is 0 Å². The number of aliphatic hydroxyl groups excluding tert-OH is 1. The molecule has 0 unspecified atom stereocenters. The monoisotopic (exact) mass is 238 g/mol. The van der Waals surface area contributed by atoms with Gasteiger partial charge in [0.05, 0.1) is 12.6 Å². The van der Waals surface area contributed by atoms with Crippen molar-refractivity contribution < 1.29 is 15.0 Å². The van der Waals surface area contributed by atoms with Crippen LogP contribution in [0.3, 0.4) is 0 Å². The number of carbonyl (C=O) groups excluding carboxylic acids is 1. The molecule has 0 aliphatic carbocycles. The number of nitrogens with two attached hydrogens (primary N) is 1. The van der Waals surface area contributed by atoms with Crippen molar-refractivity contribution in [3.63, 3.8) is 0 Å². The molecule has 1 amide bonds. The van der Waals surface area contributed by atoms with E-state index in [0.29, 0.717) is 6.42 Å². The highest BCUT2D eigenvalue weighted by molar-refractivity contribution is 5.81. The van der Waals surface area contributed by atoms with E-state index < -0.39 is 6.04 Å². The second-order valence-electron chi connectivity index (χ2n) is 3.96. The summed E-state index contributed by atoms with van der Waals surface area (Å²) in [6.07, 6.45) is 0.412. The molecule has 17 heavy (non-hydrogen) atoms. The number of benzene rings is 1. The van der Waals surface area contributed by atoms with Gasteiger partial charge in [0.25, 0.3) is 0 Å². The first-order valence-electron chi connectivity index (χ1n) is 5.44. The average Bonchev–Trinajstić information content (AvgIpc) is 2.31. The van der Waals surface area contributed by atoms with E-state index in [9.17, 15) is 4.79 Å². The molecule has 0 heterocycles. The number of hydrogen-bond donors (Lipinski definition) is 3. The van der Waals surface area contributed by atoms with Crippen molar-refractivity contribution in [1.82, 2.24) is 4.90 Å². The molecule has 0 fully saturated rings. The number of carbonyl (C=O) groups is 1. The predicted octanol–water partition coefficient (Wildman–Crippen LogP) is -0.287. The largest absolute Gasteiger partial charge is 0.508 e. The third kappa shape index (κ3) is 4.05. The number of amides is 1. The van der Waals surface area contributed by atoms with Crippen molar-refractivity contribution in [3.05, 3.63) is 29.8 Å². The first kappa shape index (κ1) is 13.5. The van der Waals surface area contributed by atoms with Gasteiger partial charge in [-0.1, -0.05) is 12.1 Å². The molecule has 0 aliphatic rings. The number of phenolic OH excluding ortho intramolecular Hbond substituents is 1. The lowest BCUT2D eigenvalue weighted by atomic mass is 10.1. The topological polar surface area (TPSA) is 86.8 Å². The Balaban J connectivity index is 2.56. The minimum atomic E-state index is -0.629. The number of phenols is 1. The summed E-state index contributed by atoms with van der Waals surface area (Å²) in [5.74, 6) is -0.0156. The quantitative estimate of drug-likeness (QED) is 0.658. The maximum Gasteiger partial charge on any atom is 0.239 e. The highest BCUT2D eigenvalue weighted by Crippen LogP contribution is 2.11. The zero-order chi connectivity index (χ0) is 12.8. The fraction of sp³-hybridized carbons (Fsp3) is 0.417. The average molecular weight is 238 g/mol. The smallest absolute Gasteiger partial charge is 0.239 e. The van der Waals surface area contributed by atoms with E-state index in [1.165, 1.54) is 4.90 Å². The van der Waals surface area contributed by atoms with Crippen LogP contribution in [-0.2, 0) is 11.2 Å². The van der Waals surface area contributed by atoms with Crippen LogP contribution in [0, 0.1) is 0 Å². The molecular weight excluding hydrogens is 220 g/mol. The van der Waals surface area contributed by atoms with Crippen LogP contribution < -0.4 is 5.73 Å². The fourth-order valence-corrected chi connectivity index (χ4v) is 1.52. The zero-order valence-corrected chi connectivity index (χ0v) is 9.84. The van der Waals surface area contributed by atoms with Gasteiger partial charge in [-0.05, 0) is 24.1 Å². The number of rotatable bonds is 5. The number of aromatic hydroxyl groups is 1. The van der Waals surface area contributed by atoms with Gasteiger partial charge in [-0.2, -0.15) is 0 Å². The molecule has 0 aliphatic heterocycles. The summed E-state index contributed by atoms with van der Waals surface area (Å²) < 4.78 is 0. The molecule has 1 atom stereocenters. The summed E-state index contributed by atoms with van der Waals surface area (Å²) in [5.41, 5.74) is 6.67. The van der Waals surface area contributed by atoms with Crippen molar-refractivity contribution in [1.29, 1.82) is 0 Å². The van der Waals surface area contributed by atoms with E-state index >= 15 is 0 Å². The minimum Gasteiger partial charge on any atom is -0.508 e. The molecule has 0 radical (unpaired) electrons. The molecule has 0 bridgehead atoms. The van der Waals surface area contributed by atoms with Gasteiger partial charge in [0.15, 0.2) is 0 Å². The number of hydrogen-bond acceptors (Lipinski definition) is 4. The molecule has 0 saturated carbocycles. The maximum atomic E-state index is 11.7. The molecule has 0 aromatic heterocycles. The lowest BCUT2D eigenvalue weighted by Crippen LogP contribution is -2.44. The van der Waals surface area contributed by atoms with E-state index in [0.717, 1.165) is 5.56 Å². The van der Waals surface area contributed by atoms with E-state index in [-0.39, 0.29) is 24.8 Å². The van der Waals surface area contributed by atoms with Crippen LogP contribution >= 0.6 is 0 Å². The van der Waals surface area contributed by atoms with Crippen LogP contribution in [0.1, 0.15) is 5.56 Å². The molecule has 5 heteroatoms. The molecule has 0 saturated heterocycles. The third-order valence-corrected chi connectivity index (χ3v) is 2.52. The van der Waals surface area contributed by atoms with Gasteiger partial charge in [0, 0.05) is 13.6 Å². The van der Waals surface area contributed by atoms with Crippen molar-refractivity contribution in [3.8, 4) is 5.75 Å². The summed E-state index contributed by atoms with van der Waals surface area (Å²) in [6, 6.07) is 5.95. The summed E-state index contributed by atoms with van der Waals surface area (Å²) in [4.78, 5) is 13.2. The van der Waals surface area contributed by atoms with Crippen LogP contribution in [-0.4, -0.2) is 47.3 Å². The standard InChI is InChI=1S/C12H18N2O3/c1-14(6-7-15)12(17)11(13)8-9-2-4-10(16)5-3-9/h2-5,11,15-16H,6-8,13H2,1H3/t11-/m1/s1. The Morgan fingerprint density at radius 2 is 2.00 bits per heavy atom. The zero-order valence-electron chi connectivity index (χ0n) is 9.84. The third-order valence-electron chi connectivity index (χ3n) is 2.52. The molecular formula is C12H18N2O3. The molecule has 5 nitrogen and oxygen atoms in total. The SMILES string of the molecule is CN(CCO)C(=O)[C@H](N)Cc1ccc(O)cc1. The Morgan fingerprint density at radius 3 is 2.53 bits per heavy atom. The first-order valence-corrected chi connectivity index (χ1v) is 5.44. The van der Waals surface area contributed by atoms with Crippen LogP contribution in [0.25, 0.3) is 0 Å². The molecule has 94 valence electrons. The van der Waals surface area contributed by atoms with E-state index in [1.54, 1.807) is 31.3 Å². The highest BCUT2D eigenvalue weighted by atomic mass is 16.3. The number of aliphatic hydroxyl groups is 1. The summed E-state index contributed by atoms with van der Waals surface area (Å²) >= 11 is 0. The second kappa shape index (κ2) is 6.22. The Kier molecular flexibility index (Phi) is 4.93. The molecule has 1 aromatic carbocycles. The number of nitrogens with zero attached hydrogens (tertiary/aromatic N) is 1. The normalized spacial score (nSPS) is 12.2. The van der Waals surface area contributed by atoms with Gasteiger partial charge in [-0.15, -0.1) is 0 Å². The Labute approximate surface area is 100 Å². The van der Waals surface area contributed by atoms with Gasteiger partial charge in [0.1, 0.15) is 5.75 Å². The van der Waals surface area contributed by atoms with Crippen LogP contribution in [0.5, 0.6) is 5.75 Å². The van der Waals surface area contributed by atoms with Crippen LogP contribution in [0.15, 0.2) is 24.3 Å². The van der Waals surface area contributed by atoms with Crippen molar-refractivity contribution in [2.24, 2.45) is 5.73 Å².